The summed E-state index contributed by atoms with van der Waals surface area (Å²) in [7, 11) is 3.19. The van der Waals surface area contributed by atoms with Crippen molar-refractivity contribution in [2.24, 2.45) is 14.1 Å². The molecule has 0 saturated carbocycles. The highest BCUT2D eigenvalue weighted by Gasteiger charge is 2.40. The zero-order valence-electron chi connectivity index (χ0n) is 19.4. The van der Waals surface area contributed by atoms with Crippen LogP contribution in [0.4, 0.5) is 0 Å². The molecule has 1 atom stereocenters. The fraction of sp³-hybridized carbons (Fsp3) is 0.308. The molecule has 0 aliphatic carbocycles. The van der Waals surface area contributed by atoms with Crippen LogP contribution in [0.15, 0.2) is 58.1 Å². The van der Waals surface area contributed by atoms with Crippen molar-refractivity contribution in [3.05, 3.63) is 86.2 Å². The lowest BCUT2D eigenvalue weighted by atomic mass is 9.98. The number of fused-ring (bicyclic) bond motifs is 3. The Morgan fingerprint density at radius 3 is 2.39 bits per heavy atom. The summed E-state index contributed by atoms with van der Waals surface area (Å²) >= 11 is 0. The maximum absolute atomic E-state index is 13.5. The van der Waals surface area contributed by atoms with Crippen molar-refractivity contribution < 1.29 is 9.84 Å². The van der Waals surface area contributed by atoms with Crippen molar-refractivity contribution >= 4 is 10.9 Å². The number of phenols is 1. The first-order valence-electron chi connectivity index (χ1n) is 10.9. The van der Waals surface area contributed by atoms with Gasteiger partial charge in [-0.15, -0.1) is 0 Å². The molecule has 0 spiro atoms. The molecule has 7 heteroatoms. The maximum Gasteiger partial charge on any atom is 0.331 e. The summed E-state index contributed by atoms with van der Waals surface area (Å²) in [5.41, 5.74) is 3.63. The molecule has 1 aliphatic rings. The second-order valence-corrected chi connectivity index (χ2v) is 9.46. The average Bonchev–Trinajstić information content (AvgIpc) is 3.14. The number of aromatic hydroxyl groups is 1. The highest BCUT2D eigenvalue weighted by Crippen LogP contribution is 2.45. The van der Waals surface area contributed by atoms with E-state index in [1.165, 1.54) is 11.6 Å². The Kier molecular flexibility index (Phi) is 4.65. The Morgan fingerprint density at radius 2 is 1.73 bits per heavy atom. The molecule has 7 nitrogen and oxygen atoms in total. The number of rotatable bonds is 2. The first-order valence-corrected chi connectivity index (χ1v) is 10.9. The van der Waals surface area contributed by atoms with E-state index in [9.17, 15) is 14.7 Å². The molecule has 33 heavy (non-hydrogen) atoms. The molecule has 1 N–H and O–H groups in total. The predicted molar refractivity (Wildman–Crippen MR) is 128 cm³/mol. The van der Waals surface area contributed by atoms with Crippen LogP contribution >= 0.6 is 0 Å². The second kappa shape index (κ2) is 7.22. The van der Waals surface area contributed by atoms with Gasteiger partial charge in [0.15, 0.2) is 0 Å². The number of nitrogens with zero attached hydrogens (tertiary/aromatic N) is 3. The van der Waals surface area contributed by atoms with E-state index in [1.54, 1.807) is 25.2 Å². The zero-order valence-corrected chi connectivity index (χ0v) is 19.4. The SMILES string of the molecule is Cc1ccc(-c2c3c(=O)n(C)c(=O)n(C)c3c3n2C(C)(C)CO[C@@H]3c2cccc(O)c2)cc1. The van der Waals surface area contributed by atoms with Crippen LogP contribution in [0.2, 0.25) is 0 Å². The van der Waals surface area contributed by atoms with Gasteiger partial charge in [-0.25, -0.2) is 4.79 Å². The highest BCUT2D eigenvalue weighted by atomic mass is 16.5. The Balaban J connectivity index is 2.01. The van der Waals surface area contributed by atoms with Gasteiger partial charge < -0.3 is 14.4 Å². The van der Waals surface area contributed by atoms with Crippen molar-refractivity contribution in [1.29, 1.82) is 0 Å². The quantitative estimate of drug-likeness (QED) is 0.512. The summed E-state index contributed by atoms with van der Waals surface area (Å²) in [5, 5.41) is 10.6. The normalized spacial score (nSPS) is 17.3. The first kappa shape index (κ1) is 21.3. The minimum atomic E-state index is -0.551. The van der Waals surface area contributed by atoms with Crippen LogP contribution in [-0.2, 0) is 24.4 Å². The van der Waals surface area contributed by atoms with Gasteiger partial charge in [-0.1, -0.05) is 42.0 Å². The second-order valence-electron chi connectivity index (χ2n) is 9.46. The molecular formula is C26H27N3O4. The van der Waals surface area contributed by atoms with Gasteiger partial charge in [-0.2, -0.15) is 0 Å². The van der Waals surface area contributed by atoms with E-state index in [-0.39, 0.29) is 11.3 Å². The van der Waals surface area contributed by atoms with Crippen molar-refractivity contribution in [1.82, 2.24) is 13.7 Å². The molecule has 1 aliphatic heterocycles. The Bertz CT molecular complexity index is 1520. The minimum absolute atomic E-state index is 0.131. The van der Waals surface area contributed by atoms with E-state index in [2.05, 4.69) is 18.4 Å². The summed E-state index contributed by atoms with van der Waals surface area (Å²) in [4.78, 5) is 26.5. The van der Waals surface area contributed by atoms with E-state index >= 15 is 0 Å². The van der Waals surface area contributed by atoms with Crippen LogP contribution in [0.5, 0.6) is 5.75 Å². The summed E-state index contributed by atoms with van der Waals surface area (Å²) < 4.78 is 11.2. The van der Waals surface area contributed by atoms with E-state index in [4.69, 9.17) is 4.74 Å². The molecule has 4 aromatic rings. The number of ether oxygens (including phenoxy) is 1. The van der Waals surface area contributed by atoms with Crippen LogP contribution in [0, 0.1) is 6.92 Å². The van der Waals surface area contributed by atoms with Gasteiger partial charge in [0.25, 0.3) is 5.56 Å². The van der Waals surface area contributed by atoms with Crippen molar-refractivity contribution in [3.63, 3.8) is 0 Å². The van der Waals surface area contributed by atoms with Gasteiger partial charge >= 0.3 is 5.69 Å². The fourth-order valence-corrected chi connectivity index (χ4v) is 4.92. The molecule has 170 valence electrons. The first-order chi connectivity index (χ1) is 15.6. The van der Waals surface area contributed by atoms with Gasteiger partial charge in [0.1, 0.15) is 11.9 Å². The van der Waals surface area contributed by atoms with Gasteiger partial charge in [0.05, 0.1) is 34.4 Å². The van der Waals surface area contributed by atoms with Crippen LogP contribution in [0.1, 0.15) is 36.8 Å². The van der Waals surface area contributed by atoms with Crippen molar-refractivity contribution in [2.45, 2.75) is 32.4 Å². The topological polar surface area (TPSA) is 78.4 Å². The molecule has 0 amide bonds. The third-order valence-electron chi connectivity index (χ3n) is 6.56. The molecule has 0 fully saturated rings. The third-order valence-corrected chi connectivity index (χ3v) is 6.56. The number of aryl methyl sites for hydroxylation is 2. The summed E-state index contributed by atoms with van der Waals surface area (Å²) in [6.07, 6.45) is -0.551. The van der Waals surface area contributed by atoms with E-state index < -0.39 is 17.3 Å². The molecule has 2 aromatic heterocycles. The lowest BCUT2D eigenvalue weighted by Crippen LogP contribution is -2.40. The van der Waals surface area contributed by atoms with Gasteiger partial charge in [0.2, 0.25) is 0 Å². The van der Waals surface area contributed by atoms with E-state index in [0.717, 1.165) is 32.6 Å². The van der Waals surface area contributed by atoms with Crippen molar-refractivity contribution in [3.8, 4) is 17.0 Å². The average molecular weight is 446 g/mol. The lowest BCUT2D eigenvalue weighted by Gasteiger charge is -2.39. The van der Waals surface area contributed by atoms with Crippen LogP contribution in [0.25, 0.3) is 22.2 Å². The Labute approximate surface area is 191 Å². The number of phenolic OH excluding ortho intramolecular Hbond substituents is 1. The molecule has 0 bridgehead atoms. The molecule has 0 radical (unpaired) electrons. The Hall–Kier alpha value is -3.58. The van der Waals surface area contributed by atoms with Crippen molar-refractivity contribution in [2.75, 3.05) is 6.61 Å². The largest absolute Gasteiger partial charge is 0.508 e. The van der Waals surface area contributed by atoms with E-state index in [0.29, 0.717) is 17.5 Å². The molecule has 0 saturated heterocycles. The summed E-state index contributed by atoms with van der Waals surface area (Å²) in [6, 6.07) is 15.0. The molecule has 0 unspecified atom stereocenters. The number of hydrogen-bond acceptors (Lipinski definition) is 4. The Morgan fingerprint density at radius 1 is 1.03 bits per heavy atom. The highest BCUT2D eigenvalue weighted by molar-refractivity contribution is 5.96. The molecular weight excluding hydrogens is 418 g/mol. The van der Waals surface area contributed by atoms with Gasteiger partial charge in [-0.3, -0.25) is 13.9 Å². The van der Waals surface area contributed by atoms with E-state index in [1.807, 2.05) is 37.3 Å². The van der Waals surface area contributed by atoms with Crippen LogP contribution in [-0.4, -0.2) is 25.4 Å². The summed E-state index contributed by atoms with van der Waals surface area (Å²) in [6.45, 7) is 6.55. The standard InChI is InChI=1S/C26H27N3O4/c1-15-9-11-16(12-10-15)20-19-21(27(4)25(32)28(5)24(19)31)22-23(17-7-6-8-18(30)13-17)33-14-26(2,3)29(20)22/h6-13,23,30H,14H2,1-5H3/t23-/m1/s1. The number of aromatic nitrogens is 3. The van der Waals surface area contributed by atoms with Gasteiger partial charge in [0, 0.05) is 14.1 Å². The van der Waals surface area contributed by atoms with Crippen LogP contribution < -0.4 is 11.2 Å². The summed E-state index contributed by atoms with van der Waals surface area (Å²) in [5.74, 6) is 0.131. The monoisotopic (exact) mass is 445 g/mol. The zero-order chi connectivity index (χ0) is 23.7. The van der Waals surface area contributed by atoms with Crippen LogP contribution in [0.3, 0.4) is 0 Å². The lowest BCUT2D eigenvalue weighted by molar-refractivity contribution is -0.00714. The smallest absolute Gasteiger partial charge is 0.331 e. The minimum Gasteiger partial charge on any atom is -0.508 e. The predicted octanol–water partition coefficient (Wildman–Crippen LogP) is 3.57. The molecule has 2 aromatic carbocycles. The molecule has 5 rings (SSSR count). The fourth-order valence-electron chi connectivity index (χ4n) is 4.92. The third kappa shape index (κ3) is 3.07. The number of benzene rings is 2. The maximum atomic E-state index is 13.5. The number of hydrogen-bond donors (Lipinski definition) is 1. The van der Waals surface area contributed by atoms with Gasteiger partial charge in [-0.05, 0) is 44.0 Å². The molecule has 3 heterocycles.